The number of aromatic nitrogens is 3. The van der Waals surface area contributed by atoms with Crippen LogP contribution in [0.2, 0.25) is 0 Å². The molecule has 1 unspecified atom stereocenters. The average molecular weight is 692 g/mol. The smallest absolute Gasteiger partial charge is 0.255 e. The number of imide groups is 1. The minimum absolute atomic E-state index is 0.204. The van der Waals surface area contributed by atoms with Crippen molar-refractivity contribution in [2.45, 2.75) is 32.4 Å². The van der Waals surface area contributed by atoms with E-state index in [9.17, 15) is 14.4 Å². The van der Waals surface area contributed by atoms with Gasteiger partial charge in [0.05, 0.1) is 29.1 Å². The van der Waals surface area contributed by atoms with Gasteiger partial charge >= 0.3 is 0 Å². The van der Waals surface area contributed by atoms with E-state index in [-0.39, 0.29) is 18.2 Å². The molecular formula is C37H37N7O5S. The number of hydrogen-bond donors (Lipinski definition) is 2. The molecule has 256 valence electrons. The Morgan fingerprint density at radius 2 is 1.86 bits per heavy atom. The molecule has 0 aliphatic carbocycles. The zero-order valence-electron chi connectivity index (χ0n) is 28.1. The first-order chi connectivity index (χ1) is 24.2. The monoisotopic (exact) mass is 691 g/mol. The Kier molecular flexibility index (Phi) is 9.42. The maximum Gasteiger partial charge on any atom is 0.255 e. The Balaban J connectivity index is 0.867. The second kappa shape index (κ2) is 14.2. The van der Waals surface area contributed by atoms with Gasteiger partial charge in [-0.15, -0.1) is 11.3 Å². The summed E-state index contributed by atoms with van der Waals surface area (Å²) < 4.78 is 12.7. The lowest BCUT2D eigenvalue weighted by atomic mass is 10.0. The summed E-state index contributed by atoms with van der Waals surface area (Å²) in [4.78, 5) is 54.3. The van der Waals surface area contributed by atoms with Crippen molar-refractivity contribution in [3.8, 4) is 27.6 Å². The average Bonchev–Trinajstić information content (AvgIpc) is 3.67. The van der Waals surface area contributed by atoms with Crippen LogP contribution in [0.25, 0.3) is 32.0 Å². The van der Waals surface area contributed by atoms with Crippen LogP contribution in [0.3, 0.4) is 0 Å². The van der Waals surface area contributed by atoms with E-state index in [2.05, 4.69) is 34.7 Å². The van der Waals surface area contributed by atoms with Gasteiger partial charge in [0, 0.05) is 68.4 Å². The van der Waals surface area contributed by atoms with Crippen molar-refractivity contribution in [2.75, 3.05) is 50.7 Å². The summed E-state index contributed by atoms with van der Waals surface area (Å²) >= 11 is 1.64. The molecule has 5 heterocycles. The van der Waals surface area contributed by atoms with E-state index in [4.69, 9.17) is 19.4 Å². The number of anilines is 2. The molecule has 13 heteroatoms. The minimum atomic E-state index is -0.637. The van der Waals surface area contributed by atoms with Crippen molar-refractivity contribution in [3.05, 3.63) is 83.7 Å². The highest BCUT2D eigenvalue weighted by Gasteiger charge is 2.39. The number of fused-ring (bicyclic) bond motifs is 2. The summed E-state index contributed by atoms with van der Waals surface area (Å²) in [6.45, 7) is 4.28. The molecule has 1 atom stereocenters. The fourth-order valence-corrected chi connectivity index (χ4v) is 7.20. The van der Waals surface area contributed by atoms with Gasteiger partial charge in [0.15, 0.2) is 0 Å². The van der Waals surface area contributed by atoms with Gasteiger partial charge in [-0.2, -0.15) is 0 Å². The van der Waals surface area contributed by atoms with E-state index in [1.165, 1.54) is 4.90 Å². The third-order valence-electron chi connectivity index (χ3n) is 8.80. The molecule has 1 saturated heterocycles. The molecule has 0 radical (unpaired) electrons. The van der Waals surface area contributed by atoms with Crippen LogP contribution in [-0.4, -0.2) is 84.1 Å². The van der Waals surface area contributed by atoms with E-state index >= 15 is 0 Å². The molecule has 5 aromatic rings. The number of ether oxygens (including phenoxy) is 2. The number of nitrogens with zero attached hydrogens (tertiary/aromatic N) is 5. The van der Waals surface area contributed by atoms with Crippen molar-refractivity contribution in [2.24, 2.45) is 0 Å². The number of pyridine rings is 2. The molecule has 1 fully saturated rings. The summed E-state index contributed by atoms with van der Waals surface area (Å²) in [5.41, 5.74) is 7.26. The Bertz CT molecular complexity index is 2080. The lowest BCUT2D eigenvalue weighted by Crippen LogP contribution is -2.52. The van der Waals surface area contributed by atoms with Gasteiger partial charge in [0.2, 0.25) is 11.8 Å². The van der Waals surface area contributed by atoms with Gasteiger partial charge in [-0.3, -0.25) is 24.7 Å². The number of benzene rings is 2. The third-order valence-corrected chi connectivity index (χ3v) is 9.85. The number of piperidine rings is 1. The van der Waals surface area contributed by atoms with E-state index in [0.717, 1.165) is 54.7 Å². The van der Waals surface area contributed by atoms with Crippen molar-refractivity contribution in [1.82, 2.24) is 25.2 Å². The fraction of sp³-hybridized carbons (Fsp3) is 0.297. The van der Waals surface area contributed by atoms with Crippen molar-refractivity contribution in [1.29, 1.82) is 0 Å². The zero-order valence-corrected chi connectivity index (χ0v) is 28.9. The summed E-state index contributed by atoms with van der Waals surface area (Å²) in [6.07, 6.45) is 4.30. The molecule has 3 amide bonds. The number of carbonyl (C=O) groups is 3. The molecule has 2 aliphatic rings. The van der Waals surface area contributed by atoms with Gasteiger partial charge in [0.1, 0.15) is 29.2 Å². The van der Waals surface area contributed by atoms with Crippen LogP contribution in [0.1, 0.15) is 34.3 Å². The Hall–Kier alpha value is -5.40. The summed E-state index contributed by atoms with van der Waals surface area (Å²) in [5, 5.41) is 6.68. The molecule has 2 aliphatic heterocycles. The Morgan fingerprint density at radius 3 is 2.64 bits per heavy atom. The molecule has 3 aromatic heterocycles. The Morgan fingerprint density at radius 1 is 0.980 bits per heavy atom. The zero-order chi connectivity index (χ0) is 34.8. The van der Waals surface area contributed by atoms with Crippen LogP contribution in [-0.2, 0) is 20.9 Å². The van der Waals surface area contributed by atoms with E-state index in [0.29, 0.717) is 50.6 Å². The molecule has 2 N–H and O–H groups in total. The lowest BCUT2D eigenvalue weighted by Gasteiger charge is -2.29. The van der Waals surface area contributed by atoms with Gasteiger partial charge < -0.3 is 24.6 Å². The predicted octanol–water partition coefficient (Wildman–Crippen LogP) is 5.06. The third kappa shape index (κ3) is 7.00. The first-order valence-corrected chi connectivity index (χ1v) is 17.3. The molecule has 12 nitrogen and oxygen atoms in total. The fourth-order valence-electron chi connectivity index (χ4n) is 6.12. The van der Waals surface area contributed by atoms with Crippen LogP contribution in [0.4, 0.5) is 11.5 Å². The maximum absolute atomic E-state index is 12.9. The number of thiazole rings is 1. The van der Waals surface area contributed by atoms with Gasteiger partial charge in [0.25, 0.3) is 5.91 Å². The van der Waals surface area contributed by atoms with Crippen LogP contribution in [0.15, 0.2) is 67.0 Å². The van der Waals surface area contributed by atoms with Gasteiger partial charge in [-0.25, -0.2) is 9.97 Å². The van der Waals surface area contributed by atoms with Crippen LogP contribution >= 0.6 is 11.3 Å². The molecule has 2 aromatic carbocycles. The number of hydrogen-bond acceptors (Lipinski definition) is 11. The number of amides is 3. The second-order valence-electron chi connectivity index (χ2n) is 12.5. The first-order valence-electron chi connectivity index (χ1n) is 16.5. The van der Waals surface area contributed by atoms with Crippen molar-refractivity contribution >= 4 is 50.8 Å². The van der Waals surface area contributed by atoms with Gasteiger partial charge in [-0.1, -0.05) is 0 Å². The normalized spacial score (nSPS) is 15.7. The second-order valence-corrected chi connectivity index (χ2v) is 13.5. The summed E-state index contributed by atoms with van der Waals surface area (Å²) in [5.74, 6) is 0.610. The highest BCUT2D eigenvalue weighted by atomic mass is 32.1. The number of nitrogens with one attached hydrogen (secondary N) is 2. The first kappa shape index (κ1) is 33.1. The standard InChI is InChI=1S/C37H37N7O5S/c1-22-16-30(23-4-10-33(40-19-23)43(2)3)39-20-28(22)36-41-29-8-5-25(18-32(29)50-36)38-12-13-48-14-15-49-26-6-7-27-24(17-26)21-44(37(27)47)31-9-11-34(45)42-35(31)46/h4-8,10,16-20,31,38H,9,11-15,21H2,1-3H3,(H,42,45,46). The molecule has 50 heavy (non-hydrogen) atoms. The highest BCUT2D eigenvalue weighted by molar-refractivity contribution is 7.21. The van der Waals surface area contributed by atoms with Crippen LogP contribution in [0.5, 0.6) is 5.75 Å². The molecular weight excluding hydrogens is 655 g/mol. The topological polar surface area (TPSA) is 139 Å². The van der Waals surface area contributed by atoms with E-state index in [1.54, 1.807) is 23.5 Å². The van der Waals surface area contributed by atoms with Crippen molar-refractivity contribution in [3.63, 3.8) is 0 Å². The maximum atomic E-state index is 12.9. The Labute approximate surface area is 293 Å². The van der Waals surface area contributed by atoms with Crippen LogP contribution in [0, 0.1) is 6.92 Å². The molecule has 0 bridgehead atoms. The number of aryl methyl sites for hydroxylation is 1. The van der Waals surface area contributed by atoms with Gasteiger partial charge in [-0.05, 0) is 79.1 Å². The van der Waals surface area contributed by atoms with E-state index < -0.39 is 11.9 Å². The largest absolute Gasteiger partial charge is 0.491 e. The lowest BCUT2D eigenvalue weighted by molar-refractivity contribution is -0.136. The molecule has 0 saturated carbocycles. The SMILES string of the molecule is Cc1cc(-c2ccc(N(C)C)nc2)ncc1-c1nc2ccc(NCCOCCOc3ccc4c(c3)CN(C3CCC(=O)NC3=O)C4=O)cc2s1. The quantitative estimate of drug-likeness (QED) is 0.135. The van der Waals surface area contributed by atoms with E-state index in [1.807, 2.05) is 61.7 Å². The molecule has 7 rings (SSSR count). The minimum Gasteiger partial charge on any atom is -0.491 e. The summed E-state index contributed by atoms with van der Waals surface area (Å²) in [6, 6.07) is 16.9. The van der Waals surface area contributed by atoms with Crippen LogP contribution < -0.4 is 20.3 Å². The predicted molar refractivity (Wildman–Crippen MR) is 192 cm³/mol. The summed E-state index contributed by atoms with van der Waals surface area (Å²) in [7, 11) is 3.94. The number of rotatable bonds is 12. The number of carbonyl (C=O) groups excluding carboxylic acids is 3. The van der Waals surface area contributed by atoms with Crippen molar-refractivity contribution < 1.29 is 23.9 Å². The highest BCUT2D eigenvalue weighted by Crippen LogP contribution is 2.34. The molecule has 0 spiro atoms.